The molecule has 0 aliphatic carbocycles. The van der Waals surface area contributed by atoms with Crippen LogP contribution in [0.3, 0.4) is 0 Å². The van der Waals surface area contributed by atoms with Gasteiger partial charge in [0.2, 0.25) is 0 Å². The van der Waals surface area contributed by atoms with Crippen molar-refractivity contribution in [2.24, 2.45) is 5.16 Å². The minimum absolute atomic E-state index is 0.336. The molecule has 0 bridgehead atoms. The third kappa shape index (κ3) is 3.39. The number of rotatable bonds is 4. The Morgan fingerprint density at radius 3 is 2.54 bits per heavy atom. The van der Waals surface area contributed by atoms with Gasteiger partial charge in [0.15, 0.2) is 0 Å². The fourth-order valence-electron chi connectivity index (χ4n) is 2.40. The number of pyridine rings is 1. The predicted molar refractivity (Wildman–Crippen MR) is 97.6 cm³/mol. The van der Waals surface area contributed by atoms with E-state index in [1.165, 1.54) is 0 Å². The van der Waals surface area contributed by atoms with Crippen LogP contribution in [0.4, 0.5) is 11.4 Å². The number of para-hydroxylation sites is 1. The van der Waals surface area contributed by atoms with Crippen molar-refractivity contribution in [3.05, 3.63) is 88.7 Å². The zero-order valence-electron chi connectivity index (χ0n) is 13.1. The lowest BCUT2D eigenvalue weighted by molar-refractivity contribution is 0.319. The summed E-state index contributed by atoms with van der Waals surface area (Å²) in [7, 11) is 0. The maximum atomic E-state index is 9.37. The fourth-order valence-corrected chi connectivity index (χ4v) is 2.67. The fraction of sp³-hybridized carbons (Fsp3) is 0.0526. The van der Waals surface area contributed by atoms with Gasteiger partial charge < -0.3 is 10.5 Å². The van der Waals surface area contributed by atoms with E-state index < -0.39 is 0 Å². The Morgan fingerprint density at radius 1 is 1.08 bits per heavy atom. The van der Waals surface area contributed by atoms with Crippen molar-refractivity contribution in [3.63, 3.8) is 0 Å². The molecule has 0 fully saturated rings. The lowest BCUT2D eigenvalue weighted by Crippen LogP contribution is -2.06. The van der Waals surface area contributed by atoms with Crippen LogP contribution in [0, 0.1) is 6.92 Å². The van der Waals surface area contributed by atoms with E-state index in [0.717, 1.165) is 16.9 Å². The molecule has 2 aromatic carbocycles. The molecule has 5 heteroatoms. The topological polar surface area (TPSA) is 57.5 Å². The number of benzene rings is 2. The Morgan fingerprint density at radius 2 is 1.88 bits per heavy atom. The van der Waals surface area contributed by atoms with E-state index >= 15 is 0 Å². The zero-order valence-corrected chi connectivity index (χ0v) is 13.8. The zero-order chi connectivity index (χ0) is 16.9. The van der Waals surface area contributed by atoms with Crippen LogP contribution in [-0.2, 0) is 0 Å². The van der Waals surface area contributed by atoms with Crippen LogP contribution in [0.25, 0.3) is 0 Å². The molecule has 1 aromatic heterocycles. The minimum atomic E-state index is 0.336. The molecule has 24 heavy (non-hydrogen) atoms. The summed E-state index contributed by atoms with van der Waals surface area (Å²) < 4.78 is 0. The summed E-state index contributed by atoms with van der Waals surface area (Å²) in [4.78, 5) is 4.20. The molecule has 0 amide bonds. The van der Waals surface area contributed by atoms with Crippen LogP contribution in [-0.4, -0.2) is 15.9 Å². The average Bonchev–Trinajstić information content (AvgIpc) is 2.60. The highest BCUT2D eigenvalue weighted by atomic mass is 35.5. The van der Waals surface area contributed by atoms with E-state index in [0.29, 0.717) is 22.0 Å². The normalized spacial score (nSPS) is 11.3. The molecule has 2 N–H and O–H groups in total. The van der Waals surface area contributed by atoms with Crippen LogP contribution in [0.5, 0.6) is 0 Å². The summed E-state index contributed by atoms with van der Waals surface area (Å²) >= 11 is 6.40. The van der Waals surface area contributed by atoms with Gasteiger partial charge >= 0.3 is 0 Å². The number of halogens is 1. The third-order valence-corrected chi connectivity index (χ3v) is 3.97. The van der Waals surface area contributed by atoms with Gasteiger partial charge in [-0.3, -0.25) is 4.98 Å². The lowest BCUT2D eigenvalue weighted by atomic mass is 10.1. The molecule has 4 nitrogen and oxygen atoms in total. The van der Waals surface area contributed by atoms with Crippen molar-refractivity contribution >= 4 is 28.7 Å². The maximum absolute atomic E-state index is 9.37. The summed E-state index contributed by atoms with van der Waals surface area (Å²) in [6.45, 7) is 2.04. The quantitative estimate of drug-likeness (QED) is 0.399. The molecule has 0 unspecified atom stereocenters. The lowest BCUT2D eigenvalue weighted by Gasteiger charge is -2.12. The Balaban J connectivity index is 1.91. The molecule has 1 heterocycles. The van der Waals surface area contributed by atoms with Crippen molar-refractivity contribution in [2.45, 2.75) is 6.92 Å². The Labute approximate surface area is 145 Å². The van der Waals surface area contributed by atoms with Crippen LogP contribution < -0.4 is 5.32 Å². The SMILES string of the molecule is Cc1ccccc1Nc1ccc(/C(=N/O)c2ccccn2)c(Cl)c1. The number of aromatic nitrogens is 1. The van der Waals surface area contributed by atoms with Crippen molar-refractivity contribution < 1.29 is 5.21 Å². The van der Waals surface area contributed by atoms with Gasteiger partial charge in [-0.15, -0.1) is 0 Å². The van der Waals surface area contributed by atoms with Gasteiger partial charge in [0.1, 0.15) is 5.71 Å². The van der Waals surface area contributed by atoms with E-state index in [1.54, 1.807) is 24.4 Å². The molecule has 3 aromatic rings. The van der Waals surface area contributed by atoms with Gasteiger partial charge in [-0.25, -0.2) is 0 Å². The molecule has 0 spiro atoms. The molecule has 3 rings (SSSR count). The second kappa shape index (κ2) is 7.15. The van der Waals surface area contributed by atoms with Gasteiger partial charge in [0.25, 0.3) is 0 Å². The minimum Gasteiger partial charge on any atom is -0.410 e. The van der Waals surface area contributed by atoms with Crippen molar-refractivity contribution in [3.8, 4) is 0 Å². The highest BCUT2D eigenvalue weighted by Gasteiger charge is 2.13. The molecular weight excluding hydrogens is 322 g/mol. The largest absolute Gasteiger partial charge is 0.410 e. The smallest absolute Gasteiger partial charge is 0.136 e. The van der Waals surface area contributed by atoms with Gasteiger partial charge in [0, 0.05) is 23.1 Å². The molecule has 0 saturated heterocycles. The number of hydrogen-bond donors (Lipinski definition) is 2. The number of hydrogen-bond acceptors (Lipinski definition) is 4. The van der Waals surface area contributed by atoms with Crippen molar-refractivity contribution in [2.75, 3.05) is 5.32 Å². The molecule has 0 aliphatic heterocycles. The Bertz CT molecular complexity index is 879. The van der Waals surface area contributed by atoms with Crippen molar-refractivity contribution in [1.29, 1.82) is 0 Å². The first-order chi connectivity index (χ1) is 11.7. The van der Waals surface area contributed by atoms with E-state index in [4.69, 9.17) is 11.6 Å². The van der Waals surface area contributed by atoms with Crippen molar-refractivity contribution in [1.82, 2.24) is 4.98 Å². The second-order valence-electron chi connectivity index (χ2n) is 5.30. The first-order valence-electron chi connectivity index (χ1n) is 7.45. The summed E-state index contributed by atoms with van der Waals surface area (Å²) in [5.74, 6) is 0. The Kier molecular flexibility index (Phi) is 4.77. The molecule has 0 saturated carbocycles. The van der Waals surface area contributed by atoms with E-state index in [9.17, 15) is 5.21 Å². The van der Waals surface area contributed by atoms with Crippen LogP contribution >= 0.6 is 11.6 Å². The third-order valence-electron chi connectivity index (χ3n) is 3.66. The number of nitrogens with one attached hydrogen (secondary N) is 1. The monoisotopic (exact) mass is 337 g/mol. The first kappa shape index (κ1) is 16.0. The number of oxime groups is 1. The first-order valence-corrected chi connectivity index (χ1v) is 7.83. The molecule has 0 atom stereocenters. The van der Waals surface area contributed by atoms with Gasteiger partial charge in [-0.1, -0.05) is 41.0 Å². The van der Waals surface area contributed by atoms with E-state index in [-0.39, 0.29) is 0 Å². The molecule has 0 radical (unpaired) electrons. The summed E-state index contributed by atoms with van der Waals surface area (Å²) in [6.07, 6.45) is 1.64. The van der Waals surface area contributed by atoms with Gasteiger partial charge in [-0.2, -0.15) is 0 Å². The average molecular weight is 338 g/mol. The van der Waals surface area contributed by atoms with Gasteiger partial charge in [-0.05, 0) is 48.9 Å². The highest BCUT2D eigenvalue weighted by Crippen LogP contribution is 2.26. The number of nitrogens with zero attached hydrogens (tertiary/aromatic N) is 2. The standard InChI is InChI=1S/C19H16ClN3O/c1-13-6-2-3-7-17(13)22-14-9-10-15(16(20)12-14)19(23-24)18-8-4-5-11-21-18/h2-12,22,24H,1H3/b23-19-. The van der Waals surface area contributed by atoms with Crippen LogP contribution in [0.15, 0.2) is 72.0 Å². The predicted octanol–water partition coefficient (Wildman–Crippen LogP) is 5.01. The van der Waals surface area contributed by atoms with Crippen LogP contribution in [0.2, 0.25) is 5.02 Å². The Hall–Kier alpha value is -2.85. The molecular formula is C19H16ClN3O. The highest BCUT2D eigenvalue weighted by molar-refractivity contribution is 6.35. The number of aryl methyl sites for hydroxylation is 1. The second-order valence-corrected chi connectivity index (χ2v) is 5.71. The summed E-state index contributed by atoms with van der Waals surface area (Å²) in [5, 5.41) is 16.6. The summed E-state index contributed by atoms with van der Waals surface area (Å²) in [6, 6.07) is 18.9. The molecule has 120 valence electrons. The summed E-state index contributed by atoms with van der Waals surface area (Å²) in [5.41, 5.74) is 4.53. The number of anilines is 2. The molecule has 0 aliphatic rings. The van der Waals surface area contributed by atoms with Gasteiger partial charge in [0.05, 0.1) is 10.7 Å². The maximum Gasteiger partial charge on any atom is 0.136 e. The van der Waals surface area contributed by atoms with E-state index in [1.807, 2.05) is 49.4 Å². The van der Waals surface area contributed by atoms with Crippen LogP contribution in [0.1, 0.15) is 16.8 Å². The van der Waals surface area contributed by atoms with E-state index in [2.05, 4.69) is 15.5 Å².